The average Bonchev–Trinajstić information content (AvgIpc) is 2.86. The molecule has 1 fully saturated rings. The SMILES string of the molecule is Oc1ccc2nc(CC3CCCO3)cn2c1. The Hall–Kier alpha value is -1.55. The molecule has 0 aliphatic carbocycles. The van der Waals surface area contributed by atoms with Gasteiger partial charge in [-0.2, -0.15) is 0 Å². The molecule has 0 spiro atoms. The molecule has 16 heavy (non-hydrogen) atoms. The van der Waals surface area contributed by atoms with E-state index in [1.54, 1.807) is 12.3 Å². The summed E-state index contributed by atoms with van der Waals surface area (Å²) in [5, 5.41) is 9.35. The van der Waals surface area contributed by atoms with Crippen molar-refractivity contribution in [2.45, 2.75) is 25.4 Å². The minimum Gasteiger partial charge on any atom is -0.506 e. The molecule has 1 saturated heterocycles. The number of nitrogens with zero attached hydrogens (tertiary/aromatic N) is 2. The topological polar surface area (TPSA) is 46.8 Å². The Morgan fingerprint density at radius 1 is 1.44 bits per heavy atom. The number of pyridine rings is 1. The van der Waals surface area contributed by atoms with Gasteiger partial charge in [-0.15, -0.1) is 0 Å². The first-order valence-electron chi connectivity index (χ1n) is 5.59. The first-order valence-corrected chi connectivity index (χ1v) is 5.59. The molecule has 3 heterocycles. The van der Waals surface area contributed by atoms with Crippen LogP contribution < -0.4 is 0 Å². The molecule has 0 amide bonds. The quantitative estimate of drug-likeness (QED) is 0.835. The monoisotopic (exact) mass is 218 g/mol. The van der Waals surface area contributed by atoms with Crippen molar-refractivity contribution in [2.75, 3.05) is 6.61 Å². The predicted molar refractivity (Wildman–Crippen MR) is 59.5 cm³/mol. The molecule has 1 unspecified atom stereocenters. The van der Waals surface area contributed by atoms with Crippen LogP contribution in [0.2, 0.25) is 0 Å². The first kappa shape index (κ1) is 9.66. The third-order valence-corrected chi connectivity index (χ3v) is 2.95. The highest BCUT2D eigenvalue weighted by molar-refractivity contribution is 5.42. The maximum absolute atomic E-state index is 9.35. The highest BCUT2D eigenvalue weighted by atomic mass is 16.5. The second-order valence-electron chi connectivity index (χ2n) is 4.22. The van der Waals surface area contributed by atoms with Gasteiger partial charge >= 0.3 is 0 Å². The van der Waals surface area contributed by atoms with E-state index in [2.05, 4.69) is 4.98 Å². The number of hydrogen-bond acceptors (Lipinski definition) is 3. The Morgan fingerprint density at radius 3 is 3.19 bits per heavy atom. The summed E-state index contributed by atoms with van der Waals surface area (Å²) in [5.74, 6) is 0.258. The number of aromatic hydroxyl groups is 1. The maximum atomic E-state index is 9.35. The third kappa shape index (κ3) is 1.76. The molecule has 84 valence electrons. The van der Waals surface area contributed by atoms with Crippen LogP contribution in [-0.4, -0.2) is 27.2 Å². The molecular weight excluding hydrogens is 204 g/mol. The predicted octanol–water partition coefficient (Wildman–Crippen LogP) is 1.76. The van der Waals surface area contributed by atoms with Gasteiger partial charge in [-0.1, -0.05) is 0 Å². The Balaban J connectivity index is 1.86. The van der Waals surface area contributed by atoms with Crippen molar-refractivity contribution in [3.05, 3.63) is 30.2 Å². The standard InChI is InChI=1S/C12H14N2O2/c15-10-3-4-12-13-9(7-14(12)8-10)6-11-2-1-5-16-11/h3-4,7-8,11,15H,1-2,5-6H2. The largest absolute Gasteiger partial charge is 0.506 e. The maximum Gasteiger partial charge on any atom is 0.137 e. The average molecular weight is 218 g/mol. The van der Waals surface area contributed by atoms with Crippen LogP contribution in [-0.2, 0) is 11.2 Å². The molecule has 1 N–H and O–H groups in total. The number of ether oxygens (including phenoxy) is 1. The lowest BCUT2D eigenvalue weighted by molar-refractivity contribution is 0.111. The summed E-state index contributed by atoms with van der Waals surface area (Å²) in [5.41, 5.74) is 1.89. The lowest BCUT2D eigenvalue weighted by atomic mass is 10.1. The summed E-state index contributed by atoms with van der Waals surface area (Å²) in [6.07, 6.45) is 7.08. The first-order chi connectivity index (χ1) is 7.81. The number of hydrogen-bond donors (Lipinski definition) is 1. The molecule has 4 nitrogen and oxygen atoms in total. The molecule has 2 aromatic heterocycles. The van der Waals surface area contributed by atoms with Gasteiger partial charge in [-0.05, 0) is 25.0 Å². The molecule has 1 atom stereocenters. The summed E-state index contributed by atoms with van der Waals surface area (Å²) in [7, 11) is 0. The fourth-order valence-electron chi connectivity index (χ4n) is 2.17. The van der Waals surface area contributed by atoms with E-state index in [1.807, 2.05) is 16.7 Å². The molecule has 0 radical (unpaired) electrons. The number of imidazole rings is 1. The smallest absolute Gasteiger partial charge is 0.137 e. The van der Waals surface area contributed by atoms with Crippen molar-refractivity contribution < 1.29 is 9.84 Å². The van der Waals surface area contributed by atoms with Crippen LogP contribution in [0.5, 0.6) is 5.75 Å². The molecule has 4 heteroatoms. The minimum atomic E-state index is 0.258. The van der Waals surface area contributed by atoms with E-state index in [0.29, 0.717) is 6.10 Å². The number of rotatable bonds is 2. The van der Waals surface area contributed by atoms with Crippen LogP contribution in [0, 0.1) is 0 Å². The van der Waals surface area contributed by atoms with E-state index < -0.39 is 0 Å². The van der Waals surface area contributed by atoms with Crippen molar-refractivity contribution >= 4 is 5.65 Å². The van der Waals surface area contributed by atoms with Crippen LogP contribution in [0.15, 0.2) is 24.5 Å². The Morgan fingerprint density at radius 2 is 2.38 bits per heavy atom. The lowest BCUT2D eigenvalue weighted by Crippen LogP contribution is -2.08. The van der Waals surface area contributed by atoms with E-state index in [9.17, 15) is 5.11 Å². The van der Waals surface area contributed by atoms with Gasteiger partial charge in [0, 0.05) is 19.2 Å². The highest BCUT2D eigenvalue weighted by Gasteiger charge is 2.17. The molecule has 0 saturated carbocycles. The Labute approximate surface area is 93.5 Å². The van der Waals surface area contributed by atoms with Crippen molar-refractivity contribution in [1.29, 1.82) is 0 Å². The van der Waals surface area contributed by atoms with Gasteiger partial charge in [0.25, 0.3) is 0 Å². The molecule has 3 rings (SSSR count). The zero-order valence-corrected chi connectivity index (χ0v) is 8.97. The zero-order chi connectivity index (χ0) is 11.0. The van der Waals surface area contributed by atoms with E-state index >= 15 is 0 Å². The lowest BCUT2D eigenvalue weighted by Gasteiger charge is -2.05. The van der Waals surface area contributed by atoms with Crippen molar-refractivity contribution in [3.63, 3.8) is 0 Å². The van der Waals surface area contributed by atoms with E-state index in [1.165, 1.54) is 0 Å². The van der Waals surface area contributed by atoms with Gasteiger partial charge in [-0.25, -0.2) is 4.98 Å². The molecule has 2 aromatic rings. The Kier molecular flexibility index (Phi) is 2.29. The van der Waals surface area contributed by atoms with Gasteiger partial charge in [-0.3, -0.25) is 0 Å². The van der Waals surface area contributed by atoms with Gasteiger partial charge < -0.3 is 14.2 Å². The Bertz CT molecular complexity index is 501. The summed E-state index contributed by atoms with van der Waals surface area (Å²) >= 11 is 0. The summed E-state index contributed by atoms with van der Waals surface area (Å²) in [6, 6.07) is 3.46. The molecule has 0 aromatic carbocycles. The summed E-state index contributed by atoms with van der Waals surface area (Å²) in [6.45, 7) is 0.874. The fraction of sp³-hybridized carbons (Fsp3) is 0.417. The van der Waals surface area contributed by atoms with Gasteiger partial charge in [0.2, 0.25) is 0 Å². The highest BCUT2D eigenvalue weighted by Crippen LogP contribution is 2.18. The molecule has 1 aliphatic heterocycles. The zero-order valence-electron chi connectivity index (χ0n) is 8.97. The normalized spacial score (nSPS) is 20.6. The van der Waals surface area contributed by atoms with Gasteiger partial charge in [0.15, 0.2) is 0 Å². The van der Waals surface area contributed by atoms with Gasteiger partial charge in [0.05, 0.1) is 18.0 Å². The molecule has 0 bridgehead atoms. The van der Waals surface area contributed by atoms with Crippen LogP contribution in [0.4, 0.5) is 0 Å². The van der Waals surface area contributed by atoms with Crippen LogP contribution in [0.3, 0.4) is 0 Å². The van der Waals surface area contributed by atoms with Crippen LogP contribution >= 0.6 is 0 Å². The second-order valence-corrected chi connectivity index (χ2v) is 4.22. The summed E-state index contributed by atoms with van der Waals surface area (Å²) in [4.78, 5) is 4.49. The van der Waals surface area contributed by atoms with Crippen molar-refractivity contribution in [3.8, 4) is 5.75 Å². The van der Waals surface area contributed by atoms with Crippen molar-refractivity contribution in [2.24, 2.45) is 0 Å². The van der Waals surface area contributed by atoms with E-state index in [4.69, 9.17) is 4.74 Å². The van der Waals surface area contributed by atoms with E-state index in [0.717, 1.165) is 37.2 Å². The molecule has 1 aliphatic rings. The number of fused-ring (bicyclic) bond motifs is 1. The van der Waals surface area contributed by atoms with Crippen LogP contribution in [0.1, 0.15) is 18.5 Å². The van der Waals surface area contributed by atoms with Crippen molar-refractivity contribution in [1.82, 2.24) is 9.38 Å². The summed E-state index contributed by atoms with van der Waals surface area (Å²) < 4.78 is 7.42. The van der Waals surface area contributed by atoms with E-state index in [-0.39, 0.29) is 5.75 Å². The van der Waals surface area contributed by atoms with Gasteiger partial charge in [0.1, 0.15) is 11.4 Å². The van der Waals surface area contributed by atoms with Crippen LogP contribution in [0.25, 0.3) is 5.65 Å². The minimum absolute atomic E-state index is 0.258. The number of aromatic nitrogens is 2. The fourth-order valence-corrected chi connectivity index (χ4v) is 2.17. The third-order valence-electron chi connectivity index (χ3n) is 2.95. The second kappa shape index (κ2) is 3.79. The molecular formula is C12H14N2O2.